The van der Waals surface area contributed by atoms with Crippen molar-refractivity contribution in [3.05, 3.63) is 66.8 Å². The van der Waals surface area contributed by atoms with Crippen LogP contribution in [0.15, 0.2) is 55.1 Å². The van der Waals surface area contributed by atoms with Gasteiger partial charge in [-0.05, 0) is 5.56 Å². The number of rotatable bonds is 1. The molecule has 0 aromatic heterocycles. The van der Waals surface area contributed by atoms with Crippen LogP contribution in [0.25, 0.3) is 6.08 Å². The summed E-state index contributed by atoms with van der Waals surface area (Å²) in [7, 11) is 0. The molecule has 1 aromatic carbocycles. The van der Waals surface area contributed by atoms with Crippen LogP contribution in [0.5, 0.6) is 0 Å². The summed E-state index contributed by atoms with van der Waals surface area (Å²) in [5.74, 6) is 0. The Bertz CT molecular complexity index is 286. The Morgan fingerprint density at radius 1 is 1.21 bits per heavy atom. The van der Waals surface area contributed by atoms with Gasteiger partial charge in [-0.15, -0.1) is 6.42 Å². The molecule has 0 radical (unpaired) electrons. The summed E-state index contributed by atoms with van der Waals surface area (Å²) in [4.78, 5) is 0. The van der Waals surface area contributed by atoms with Crippen LogP contribution < -0.4 is 0 Å². The molecule has 1 aliphatic carbocycles. The van der Waals surface area contributed by atoms with Crippen molar-refractivity contribution in [2.75, 3.05) is 0 Å². The van der Waals surface area contributed by atoms with Crippen molar-refractivity contribution in [1.29, 1.82) is 0 Å². The van der Waals surface area contributed by atoms with Crippen LogP contribution in [-0.4, -0.2) is 0 Å². The van der Waals surface area contributed by atoms with Gasteiger partial charge in [0.1, 0.15) is 0 Å². The molecule has 0 spiro atoms. The Morgan fingerprint density at radius 2 is 1.93 bits per heavy atom. The van der Waals surface area contributed by atoms with Crippen LogP contribution in [0.3, 0.4) is 0 Å². The number of hydrogen-bond donors (Lipinski definition) is 0. The molecule has 0 atom stereocenters. The van der Waals surface area contributed by atoms with Gasteiger partial charge in [-0.25, -0.2) is 12.2 Å². The molecule has 0 fully saturated rings. The van der Waals surface area contributed by atoms with Crippen LogP contribution in [0.2, 0.25) is 0 Å². The Hall–Kier alpha value is -1.04. The van der Waals surface area contributed by atoms with Gasteiger partial charge in [0.2, 0.25) is 0 Å². The molecule has 0 bridgehead atoms. The van der Waals surface area contributed by atoms with Gasteiger partial charge in [0, 0.05) is 17.1 Å². The van der Waals surface area contributed by atoms with E-state index < -0.39 is 0 Å². The Morgan fingerprint density at radius 3 is 2.21 bits per heavy atom. The van der Waals surface area contributed by atoms with E-state index in [4.69, 9.17) is 0 Å². The molecule has 0 N–H and O–H groups in total. The van der Waals surface area contributed by atoms with Gasteiger partial charge >= 0.3 is 0 Å². The summed E-state index contributed by atoms with van der Waals surface area (Å²) < 4.78 is 0. The zero-order chi connectivity index (χ0) is 9.36. The Balaban J connectivity index is 0.000000246. The first kappa shape index (κ1) is 13.0. The van der Waals surface area contributed by atoms with Gasteiger partial charge in [0.15, 0.2) is 0 Å². The smallest absolute Gasteiger partial charge is 0 e. The van der Waals surface area contributed by atoms with Crippen molar-refractivity contribution < 1.29 is 17.1 Å². The van der Waals surface area contributed by atoms with Gasteiger partial charge in [0.25, 0.3) is 0 Å². The van der Waals surface area contributed by atoms with Crippen molar-refractivity contribution in [3.8, 4) is 0 Å². The standard InChI is InChI=1S/C8H8.C5H5.Fe/c1-2-8-6-4-3-5-7-8;1-2-4-5-3-1;/h2-7H,1H2;1-3H,4H2;/q;-1;. The predicted molar refractivity (Wildman–Crippen MR) is 58.1 cm³/mol. The van der Waals surface area contributed by atoms with E-state index in [2.05, 4.69) is 18.7 Å². The van der Waals surface area contributed by atoms with E-state index in [1.54, 1.807) is 0 Å². The Labute approximate surface area is 96.5 Å². The minimum absolute atomic E-state index is 0. The van der Waals surface area contributed by atoms with Crippen LogP contribution in [0.4, 0.5) is 0 Å². The van der Waals surface area contributed by atoms with Gasteiger partial charge in [-0.2, -0.15) is 6.08 Å². The van der Waals surface area contributed by atoms with Gasteiger partial charge in [-0.3, -0.25) is 6.08 Å². The summed E-state index contributed by atoms with van der Waals surface area (Å²) in [5.41, 5.74) is 1.17. The molecule has 2 rings (SSSR count). The number of hydrogen-bond acceptors (Lipinski definition) is 0. The summed E-state index contributed by atoms with van der Waals surface area (Å²) in [5, 5.41) is 0. The third-order valence-corrected chi connectivity index (χ3v) is 1.62. The zero-order valence-electron chi connectivity index (χ0n) is 7.96. The maximum atomic E-state index is 3.63. The SMILES string of the molecule is C=Cc1ccccc1.[C-]1=CC=CC1.[Fe]. The molecule has 0 unspecified atom stereocenters. The fraction of sp³-hybridized carbons (Fsp3) is 0.0769. The largest absolute Gasteiger partial charge is 0.273 e. The second-order valence-electron chi connectivity index (χ2n) is 2.62. The zero-order valence-corrected chi connectivity index (χ0v) is 9.07. The third-order valence-electron chi connectivity index (χ3n) is 1.62. The number of benzene rings is 1. The van der Waals surface area contributed by atoms with Gasteiger partial charge in [0.05, 0.1) is 0 Å². The van der Waals surface area contributed by atoms with E-state index in [9.17, 15) is 0 Å². The maximum absolute atomic E-state index is 3.63. The summed E-state index contributed by atoms with van der Waals surface area (Å²) in [6.07, 6.45) is 11.8. The molecule has 0 aliphatic heterocycles. The first-order valence-electron chi connectivity index (χ1n) is 4.32. The normalized spacial score (nSPS) is 11.1. The van der Waals surface area contributed by atoms with Crippen LogP contribution in [0, 0.1) is 6.08 Å². The van der Waals surface area contributed by atoms with E-state index >= 15 is 0 Å². The average Bonchev–Trinajstić information content (AvgIpc) is 2.77. The van der Waals surface area contributed by atoms with Crippen LogP contribution in [0.1, 0.15) is 12.0 Å². The van der Waals surface area contributed by atoms with Crippen molar-refractivity contribution in [3.63, 3.8) is 0 Å². The van der Waals surface area contributed by atoms with Gasteiger partial charge < -0.3 is 0 Å². The first-order valence-corrected chi connectivity index (χ1v) is 4.32. The summed E-state index contributed by atoms with van der Waals surface area (Å²) in [6.45, 7) is 3.63. The van der Waals surface area contributed by atoms with Crippen molar-refractivity contribution in [2.24, 2.45) is 0 Å². The molecule has 74 valence electrons. The maximum Gasteiger partial charge on any atom is 0 e. The quantitative estimate of drug-likeness (QED) is 0.505. The minimum atomic E-state index is 0. The molecule has 0 amide bonds. The van der Waals surface area contributed by atoms with E-state index in [0.29, 0.717) is 0 Å². The molecule has 0 heterocycles. The molecule has 1 heteroatoms. The second-order valence-corrected chi connectivity index (χ2v) is 2.62. The molecular formula is C13H13Fe-. The molecule has 0 saturated carbocycles. The van der Waals surface area contributed by atoms with Crippen molar-refractivity contribution >= 4 is 6.08 Å². The fourth-order valence-corrected chi connectivity index (χ4v) is 0.929. The first-order chi connectivity index (χ1) is 6.43. The second kappa shape index (κ2) is 8.55. The monoisotopic (exact) mass is 225 g/mol. The molecular weight excluding hydrogens is 212 g/mol. The predicted octanol–water partition coefficient (Wildman–Crippen LogP) is 3.63. The van der Waals surface area contributed by atoms with Gasteiger partial charge in [-0.1, -0.05) is 43.0 Å². The topological polar surface area (TPSA) is 0 Å². The van der Waals surface area contributed by atoms with E-state index in [-0.39, 0.29) is 17.1 Å². The minimum Gasteiger partial charge on any atom is -0.273 e. The number of allylic oxidation sites excluding steroid dienone is 4. The molecule has 0 nitrogen and oxygen atoms in total. The van der Waals surface area contributed by atoms with E-state index in [0.717, 1.165) is 6.42 Å². The fourth-order valence-electron chi connectivity index (χ4n) is 0.929. The van der Waals surface area contributed by atoms with Crippen molar-refractivity contribution in [2.45, 2.75) is 6.42 Å². The molecule has 1 aromatic rings. The average molecular weight is 225 g/mol. The van der Waals surface area contributed by atoms with E-state index in [1.165, 1.54) is 5.56 Å². The summed E-state index contributed by atoms with van der Waals surface area (Å²) in [6, 6.07) is 10.0. The molecule has 1 aliphatic rings. The molecule has 0 saturated heterocycles. The molecule has 14 heavy (non-hydrogen) atoms. The third kappa shape index (κ3) is 5.58. The van der Waals surface area contributed by atoms with E-state index in [1.807, 2.05) is 48.6 Å². The van der Waals surface area contributed by atoms with Crippen LogP contribution >= 0.6 is 0 Å². The van der Waals surface area contributed by atoms with Crippen LogP contribution in [-0.2, 0) is 17.1 Å². The Kier molecular flexibility index (Phi) is 7.92. The van der Waals surface area contributed by atoms with Crippen molar-refractivity contribution in [1.82, 2.24) is 0 Å². The summed E-state index contributed by atoms with van der Waals surface area (Å²) >= 11 is 0.